The highest BCUT2D eigenvalue weighted by atomic mass is 16.7. The van der Waals surface area contributed by atoms with E-state index in [4.69, 9.17) is 4.84 Å². The second-order valence-corrected chi connectivity index (χ2v) is 6.98. The van der Waals surface area contributed by atoms with Crippen LogP contribution in [0.4, 0.5) is 0 Å². The number of hydrogen-bond donors (Lipinski definition) is 0. The van der Waals surface area contributed by atoms with E-state index in [1.165, 1.54) is 6.92 Å². The Balaban J connectivity index is 0.00000132. The maximum atomic E-state index is 12.9. The molecule has 5 nitrogen and oxygen atoms in total. The fourth-order valence-corrected chi connectivity index (χ4v) is 3.53. The largest absolute Gasteiger partial charge is 0.344 e. The van der Waals surface area contributed by atoms with Crippen LogP contribution in [0.25, 0.3) is 21.8 Å². The Kier molecular flexibility index (Phi) is 6.65. The highest BCUT2D eigenvalue weighted by molar-refractivity contribution is 6.15. The number of aryl methyl sites for hydroxylation is 1. The normalized spacial score (nSPS) is 11.2. The van der Waals surface area contributed by atoms with E-state index in [0.29, 0.717) is 16.8 Å². The van der Waals surface area contributed by atoms with E-state index in [1.54, 1.807) is 6.92 Å². The minimum absolute atomic E-state index is 0.00624. The van der Waals surface area contributed by atoms with E-state index < -0.39 is 5.97 Å². The van der Waals surface area contributed by atoms with E-state index in [-0.39, 0.29) is 5.78 Å². The first-order chi connectivity index (χ1) is 15.0. The average Bonchev–Trinajstić information content (AvgIpc) is 3.09. The maximum absolute atomic E-state index is 12.9. The van der Waals surface area contributed by atoms with Crippen molar-refractivity contribution in [2.75, 3.05) is 0 Å². The molecule has 0 fully saturated rings. The Morgan fingerprint density at radius 2 is 1.32 bits per heavy atom. The molecule has 0 aliphatic rings. The van der Waals surface area contributed by atoms with Crippen LogP contribution in [0.15, 0.2) is 71.9 Å². The van der Waals surface area contributed by atoms with Crippen molar-refractivity contribution in [3.63, 3.8) is 0 Å². The molecule has 0 saturated carbocycles. The van der Waals surface area contributed by atoms with Crippen LogP contribution in [0, 0.1) is 0 Å². The topological polar surface area (TPSA) is 60.7 Å². The lowest BCUT2D eigenvalue weighted by molar-refractivity contribution is -0.140. The standard InChI is InChI=1S/C24H20N2O3.C2H6/c1-15(25-29-16(2)27)18-9-11-22-20(13-18)21-14-19(10-12-23(21)26(22)3)24(28)17-7-5-4-6-8-17;1-2/h4-14H,1-3H3;1-2H3/b25-15-;. The molecule has 0 aliphatic heterocycles. The number of nitrogens with zero attached hydrogens (tertiary/aromatic N) is 2. The first-order valence-electron chi connectivity index (χ1n) is 10.3. The molecule has 0 amide bonds. The number of oxime groups is 1. The molecule has 5 heteroatoms. The summed E-state index contributed by atoms with van der Waals surface area (Å²) >= 11 is 0. The van der Waals surface area contributed by atoms with Crippen molar-refractivity contribution in [3.05, 3.63) is 83.4 Å². The van der Waals surface area contributed by atoms with Gasteiger partial charge in [-0.15, -0.1) is 0 Å². The molecule has 4 aromatic rings. The number of carbonyl (C=O) groups excluding carboxylic acids is 2. The molecule has 3 aromatic carbocycles. The van der Waals surface area contributed by atoms with Gasteiger partial charge in [0.1, 0.15) is 0 Å². The monoisotopic (exact) mass is 414 g/mol. The van der Waals surface area contributed by atoms with Crippen LogP contribution in [-0.2, 0) is 16.7 Å². The zero-order chi connectivity index (χ0) is 22.5. The van der Waals surface area contributed by atoms with Gasteiger partial charge >= 0.3 is 5.97 Å². The third-order valence-corrected chi connectivity index (χ3v) is 5.03. The van der Waals surface area contributed by atoms with Crippen LogP contribution in [0.1, 0.15) is 49.2 Å². The Bertz CT molecular complexity index is 1280. The van der Waals surface area contributed by atoms with Gasteiger partial charge in [0.25, 0.3) is 0 Å². The molecule has 158 valence electrons. The summed E-state index contributed by atoms with van der Waals surface area (Å²) in [6.07, 6.45) is 0. The second kappa shape index (κ2) is 9.39. The molecule has 0 spiro atoms. The molecular formula is C26H26N2O3. The molecule has 0 radical (unpaired) electrons. The van der Waals surface area contributed by atoms with Crippen molar-refractivity contribution in [3.8, 4) is 0 Å². The van der Waals surface area contributed by atoms with Gasteiger partial charge < -0.3 is 9.40 Å². The van der Waals surface area contributed by atoms with Crippen LogP contribution in [0.5, 0.6) is 0 Å². The Morgan fingerprint density at radius 1 is 0.774 bits per heavy atom. The van der Waals surface area contributed by atoms with Gasteiger partial charge in [-0.2, -0.15) is 0 Å². The van der Waals surface area contributed by atoms with E-state index in [9.17, 15) is 9.59 Å². The number of fused-ring (bicyclic) bond motifs is 3. The van der Waals surface area contributed by atoms with Crippen LogP contribution in [-0.4, -0.2) is 22.0 Å². The summed E-state index contributed by atoms with van der Waals surface area (Å²) < 4.78 is 2.10. The van der Waals surface area contributed by atoms with Gasteiger partial charge in [-0.25, -0.2) is 4.79 Å². The van der Waals surface area contributed by atoms with Gasteiger partial charge in [-0.05, 0) is 42.8 Å². The van der Waals surface area contributed by atoms with Gasteiger partial charge in [-0.3, -0.25) is 4.79 Å². The molecule has 4 rings (SSSR count). The predicted octanol–water partition coefficient (Wildman–Crippen LogP) is 5.88. The number of aromatic nitrogens is 1. The lowest BCUT2D eigenvalue weighted by atomic mass is 10.0. The molecule has 31 heavy (non-hydrogen) atoms. The van der Waals surface area contributed by atoms with Crippen LogP contribution in [0.2, 0.25) is 0 Å². The van der Waals surface area contributed by atoms with E-state index >= 15 is 0 Å². The first kappa shape index (κ1) is 22.0. The van der Waals surface area contributed by atoms with Crippen LogP contribution in [0.3, 0.4) is 0 Å². The zero-order valence-electron chi connectivity index (χ0n) is 18.5. The quantitative estimate of drug-likeness (QED) is 0.181. The fourth-order valence-electron chi connectivity index (χ4n) is 3.53. The van der Waals surface area contributed by atoms with Crippen LogP contribution < -0.4 is 0 Å². The SMILES string of the molecule is CC.CC(=O)O/N=C(/C)c1ccc2c(c1)c1cc(C(=O)c3ccccc3)ccc1n2C. The summed E-state index contributed by atoms with van der Waals surface area (Å²) in [5, 5.41) is 5.89. The number of ketones is 1. The minimum Gasteiger partial charge on any atom is -0.344 e. The summed E-state index contributed by atoms with van der Waals surface area (Å²) in [6.45, 7) is 7.11. The number of carbonyl (C=O) groups is 2. The lowest BCUT2D eigenvalue weighted by Crippen LogP contribution is -2.00. The third kappa shape index (κ3) is 4.40. The summed E-state index contributed by atoms with van der Waals surface area (Å²) in [5.74, 6) is -0.465. The van der Waals surface area contributed by atoms with Gasteiger partial charge in [0.05, 0.1) is 5.71 Å². The number of benzene rings is 3. The molecule has 1 aromatic heterocycles. The van der Waals surface area contributed by atoms with Gasteiger partial charge in [0, 0.05) is 46.9 Å². The molecule has 0 atom stereocenters. The summed E-state index contributed by atoms with van der Waals surface area (Å²) in [4.78, 5) is 28.7. The maximum Gasteiger partial charge on any atom is 0.331 e. The Labute approximate surface area is 181 Å². The first-order valence-corrected chi connectivity index (χ1v) is 10.3. The van der Waals surface area contributed by atoms with Gasteiger partial charge in [0.15, 0.2) is 5.78 Å². The number of hydrogen-bond acceptors (Lipinski definition) is 4. The second-order valence-electron chi connectivity index (χ2n) is 6.98. The van der Waals surface area contributed by atoms with E-state index in [0.717, 1.165) is 27.4 Å². The van der Waals surface area contributed by atoms with Crippen molar-refractivity contribution in [2.45, 2.75) is 27.7 Å². The molecule has 0 unspecified atom stereocenters. The van der Waals surface area contributed by atoms with Crippen molar-refractivity contribution in [2.24, 2.45) is 12.2 Å². The van der Waals surface area contributed by atoms with Crippen molar-refractivity contribution in [1.29, 1.82) is 0 Å². The molecular weight excluding hydrogens is 388 g/mol. The Hall–Kier alpha value is -3.73. The zero-order valence-corrected chi connectivity index (χ0v) is 18.5. The highest BCUT2D eigenvalue weighted by Gasteiger charge is 2.14. The van der Waals surface area contributed by atoms with Crippen molar-refractivity contribution >= 4 is 39.3 Å². The lowest BCUT2D eigenvalue weighted by Gasteiger charge is -2.03. The Morgan fingerprint density at radius 3 is 1.90 bits per heavy atom. The fraction of sp³-hybridized carbons (Fsp3) is 0.192. The van der Waals surface area contributed by atoms with Crippen molar-refractivity contribution in [1.82, 2.24) is 4.57 Å². The average molecular weight is 415 g/mol. The third-order valence-electron chi connectivity index (χ3n) is 5.03. The van der Waals surface area contributed by atoms with Gasteiger partial charge in [-0.1, -0.05) is 55.4 Å². The summed E-state index contributed by atoms with van der Waals surface area (Å²) in [7, 11) is 2.00. The molecule has 0 saturated heterocycles. The van der Waals surface area contributed by atoms with Crippen molar-refractivity contribution < 1.29 is 14.4 Å². The predicted molar refractivity (Wildman–Crippen MR) is 126 cm³/mol. The van der Waals surface area contributed by atoms with Gasteiger partial charge in [0.2, 0.25) is 0 Å². The minimum atomic E-state index is -0.459. The highest BCUT2D eigenvalue weighted by Crippen LogP contribution is 2.30. The van der Waals surface area contributed by atoms with Crippen LogP contribution >= 0.6 is 0 Å². The summed E-state index contributed by atoms with van der Waals surface area (Å²) in [6, 6.07) is 21.0. The van der Waals surface area contributed by atoms with E-state index in [2.05, 4.69) is 9.72 Å². The molecule has 1 heterocycles. The molecule has 0 aliphatic carbocycles. The molecule has 0 bridgehead atoms. The van der Waals surface area contributed by atoms with E-state index in [1.807, 2.05) is 87.6 Å². The summed E-state index contributed by atoms with van der Waals surface area (Å²) in [5.41, 5.74) is 4.86. The smallest absolute Gasteiger partial charge is 0.331 e. The molecule has 0 N–H and O–H groups in total. The number of rotatable bonds is 4.